The van der Waals surface area contributed by atoms with Crippen molar-refractivity contribution in [3.63, 3.8) is 0 Å². The van der Waals surface area contributed by atoms with Crippen LogP contribution in [0.3, 0.4) is 0 Å². The van der Waals surface area contributed by atoms with Crippen molar-refractivity contribution in [3.8, 4) is 0 Å². The zero-order valence-electron chi connectivity index (χ0n) is 14.8. The van der Waals surface area contributed by atoms with Gasteiger partial charge in [0.05, 0.1) is 12.2 Å². The summed E-state index contributed by atoms with van der Waals surface area (Å²) in [6.07, 6.45) is 3.14. The van der Waals surface area contributed by atoms with Crippen LogP contribution in [-0.4, -0.2) is 82.3 Å². The number of unbranched alkanes of at least 4 members (excludes halogenated alkanes) is 1. The molecule has 4 atom stereocenters. The normalized spacial score (nSPS) is 26.5. The number of hydrogen-bond acceptors (Lipinski definition) is 5. The molecule has 4 unspecified atom stereocenters. The summed E-state index contributed by atoms with van der Waals surface area (Å²) in [7, 11) is 0. The van der Waals surface area contributed by atoms with E-state index in [0.717, 1.165) is 32.2 Å². The van der Waals surface area contributed by atoms with E-state index in [2.05, 4.69) is 5.32 Å². The lowest BCUT2D eigenvalue weighted by Crippen LogP contribution is -2.61. The Balaban J connectivity index is 1.74. The predicted molar refractivity (Wildman–Crippen MR) is 90.3 cm³/mol. The number of aliphatic hydroxyl groups excluding tert-OH is 2. The SMILES string of the molecule is CC(O)CN(CCCCC1NC(=O)C2CCCN2C1=O)CC(C)O. The largest absolute Gasteiger partial charge is 0.392 e. The quantitative estimate of drug-likeness (QED) is 0.501. The topological polar surface area (TPSA) is 93.1 Å². The molecular formula is C17H31N3O4. The average Bonchev–Trinajstić information content (AvgIpc) is 2.97. The number of aliphatic hydroxyl groups is 2. The zero-order valence-corrected chi connectivity index (χ0v) is 14.8. The van der Waals surface area contributed by atoms with Crippen LogP contribution in [0.5, 0.6) is 0 Å². The van der Waals surface area contributed by atoms with Gasteiger partial charge in [0.15, 0.2) is 0 Å². The van der Waals surface area contributed by atoms with E-state index in [1.54, 1.807) is 18.7 Å². The minimum absolute atomic E-state index is 0.0121. The monoisotopic (exact) mass is 341 g/mol. The van der Waals surface area contributed by atoms with Crippen LogP contribution >= 0.6 is 0 Å². The summed E-state index contributed by atoms with van der Waals surface area (Å²) in [6.45, 7) is 5.98. The van der Waals surface area contributed by atoms with Gasteiger partial charge in [0.25, 0.3) is 0 Å². The molecule has 24 heavy (non-hydrogen) atoms. The molecule has 7 nitrogen and oxygen atoms in total. The van der Waals surface area contributed by atoms with Gasteiger partial charge in [0.1, 0.15) is 12.1 Å². The third kappa shape index (κ3) is 5.16. The van der Waals surface area contributed by atoms with E-state index in [1.165, 1.54) is 0 Å². The molecule has 0 aliphatic carbocycles. The first-order chi connectivity index (χ1) is 11.4. The number of fused-ring (bicyclic) bond motifs is 1. The van der Waals surface area contributed by atoms with Crippen LogP contribution in [0.4, 0.5) is 0 Å². The van der Waals surface area contributed by atoms with Gasteiger partial charge in [-0.15, -0.1) is 0 Å². The molecule has 2 heterocycles. The first-order valence-electron chi connectivity index (χ1n) is 9.08. The second-order valence-electron chi connectivity index (χ2n) is 7.20. The maximum absolute atomic E-state index is 12.4. The Labute approximate surface area is 144 Å². The molecule has 0 bridgehead atoms. The Morgan fingerprint density at radius 2 is 1.88 bits per heavy atom. The summed E-state index contributed by atoms with van der Waals surface area (Å²) in [5.74, 6) is 0.0452. The van der Waals surface area contributed by atoms with Gasteiger partial charge >= 0.3 is 0 Å². The highest BCUT2D eigenvalue weighted by atomic mass is 16.3. The molecule has 0 saturated carbocycles. The molecule has 7 heteroatoms. The second-order valence-corrected chi connectivity index (χ2v) is 7.20. The van der Waals surface area contributed by atoms with Gasteiger partial charge in [-0.1, -0.05) is 0 Å². The van der Waals surface area contributed by atoms with Crippen LogP contribution in [-0.2, 0) is 9.59 Å². The van der Waals surface area contributed by atoms with Crippen molar-refractivity contribution in [2.24, 2.45) is 0 Å². The van der Waals surface area contributed by atoms with Gasteiger partial charge in [0.2, 0.25) is 11.8 Å². The fourth-order valence-electron chi connectivity index (χ4n) is 3.72. The van der Waals surface area contributed by atoms with Gasteiger partial charge < -0.3 is 20.4 Å². The minimum Gasteiger partial charge on any atom is -0.392 e. The number of carbonyl (C=O) groups excluding carboxylic acids is 2. The van der Waals surface area contributed by atoms with Crippen molar-refractivity contribution in [1.29, 1.82) is 0 Å². The summed E-state index contributed by atoms with van der Waals surface area (Å²) < 4.78 is 0. The molecule has 0 aromatic heterocycles. The molecule has 0 aromatic rings. The Kier molecular flexibility index (Phi) is 7.01. The summed E-state index contributed by atoms with van der Waals surface area (Å²) in [5, 5.41) is 21.9. The highest BCUT2D eigenvalue weighted by Gasteiger charge is 2.42. The molecular weight excluding hydrogens is 310 g/mol. The molecule has 0 aromatic carbocycles. The van der Waals surface area contributed by atoms with Crippen LogP contribution in [0.15, 0.2) is 0 Å². The van der Waals surface area contributed by atoms with E-state index in [-0.39, 0.29) is 17.9 Å². The number of carbonyl (C=O) groups is 2. The standard InChI is InChI=1S/C17H31N3O4/c1-12(21)10-19(11-13(2)22)8-4-3-6-14-17(24)20-9-5-7-15(20)16(23)18-14/h12-15,21-22H,3-11H2,1-2H3,(H,18,23). The minimum atomic E-state index is -0.435. The van der Waals surface area contributed by atoms with Gasteiger partial charge in [-0.25, -0.2) is 0 Å². The maximum atomic E-state index is 12.4. The van der Waals surface area contributed by atoms with Crippen molar-refractivity contribution in [3.05, 3.63) is 0 Å². The number of nitrogens with zero attached hydrogens (tertiary/aromatic N) is 2. The molecule has 2 amide bonds. The number of piperazine rings is 1. The van der Waals surface area contributed by atoms with E-state index in [4.69, 9.17) is 0 Å². The van der Waals surface area contributed by atoms with Crippen molar-refractivity contribution < 1.29 is 19.8 Å². The van der Waals surface area contributed by atoms with Gasteiger partial charge in [0, 0.05) is 19.6 Å². The fourth-order valence-corrected chi connectivity index (χ4v) is 3.72. The molecule has 2 aliphatic heterocycles. The number of amides is 2. The van der Waals surface area contributed by atoms with Gasteiger partial charge in [-0.2, -0.15) is 0 Å². The Morgan fingerprint density at radius 1 is 1.21 bits per heavy atom. The number of rotatable bonds is 9. The van der Waals surface area contributed by atoms with E-state index >= 15 is 0 Å². The third-order valence-electron chi connectivity index (χ3n) is 4.72. The van der Waals surface area contributed by atoms with Crippen molar-refractivity contribution in [2.45, 2.75) is 70.2 Å². The highest BCUT2D eigenvalue weighted by molar-refractivity contribution is 5.97. The van der Waals surface area contributed by atoms with E-state index < -0.39 is 18.2 Å². The van der Waals surface area contributed by atoms with Gasteiger partial charge in [-0.05, 0) is 52.5 Å². The molecule has 3 N–H and O–H groups in total. The number of hydrogen-bond donors (Lipinski definition) is 3. The van der Waals surface area contributed by atoms with Crippen molar-refractivity contribution in [1.82, 2.24) is 15.1 Å². The van der Waals surface area contributed by atoms with Crippen LogP contribution < -0.4 is 5.32 Å². The smallest absolute Gasteiger partial charge is 0.245 e. The predicted octanol–water partition coefficient (Wildman–Crippen LogP) is -0.290. The maximum Gasteiger partial charge on any atom is 0.245 e. The Morgan fingerprint density at radius 3 is 2.50 bits per heavy atom. The lowest BCUT2D eigenvalue weighted by Gasteiger charge is -2.34. The van der Waals surface area contributed by atoms with Crippen molar-refractivity contribution >= 4 is 11.8 Å². The molecule has 0 spiro atoms. The van der Waals surface area contributed by atoms with Crippen LogP contribution in [0.2, 0.25) is 0 Å². The van der Waals surface area contributed by atoms with E-state index in [0.29, 0.717) is 26.1 Å². The van der Waals surface area contributed by atoms with Gasteiger partial charge in [-0.3, -0.25) is 14.5 Å². The molecule has 138 valence electrons. The first-order valence-corrected chi connectivity index (χ1v) is 9.08. The summed E-state index contributed by atoms with van der Waals surface area (Å²) in [6, 6.07) is -0.643. The van der Waals surface area contributed by atoms with E-state index in [9.17, 15) is 19.8 Å². The molecule has 2 aliphatic rings. The Bertz CT molecular complexity index is 432. The lowest BCUT2D eigenvalue weighted by molar-refractivity contribution is -0.147. The highest BCUT2D eigenvalue weighted by Crippen LogP contribution is 2.23. The average molecular weight is 341 g/mol. The lowest BCUT2D eigenvalue weighted by atomic mass is 10.0. The second kappa shape index (κ2) is 8.78. The van der Waals surface area contributed by atoms with Crippen molar-refractivity contribution in [2.75, 3.05) is 26.2 Å². The molecule has 2 saturated heterocycles. The summed E-state index contributed by atoms with van der Waals surface area (Å²) in [5.41, 5.74) is 0. The Hall–Kier alpha value is -1.18. The van der Waals surface area contributed by atoms with Crippen LogP contribution in [0, 0.1) is 0 Å². The summed E-state index contributed by atoms with van der Waals surface area (Å²) >= 11 is 0. The third-order valence-corrected chi connectivity index (χ3v) is 4.72. The number of nitrogens with one attached hydrogen (secondary N) is 1. The molecule has 2 rings (SSSR count). The van der Waals surface area contributed by atoms with Crippen LogP contribution in [0.1, 0.15) is 46.0 Å². The zero-order chi connectivity index (χ0) is 17.7. The molecule has 0 radical (unpaired) electrons. The fraction of sp³-hybridized carbons (Fsp3) is 0.882. The molecule has 2 fully saturated rings. The van der Waals surface area contributed by atoms with E-state index in [1.807, 2.05) is 4.90 Å². The first kappa shape index (κ1) is 19.1. The van der Waals surface area contributed by atoms with Crippen LogP contribution in [0.25, 0.3) is 0 Å². The summed E-state index contributed by atoms with van der Waals surface area (Å²) in [4.78, 5) is 28.2.